The first-order valence-corrected chi connectivity index (χ1v) is 6.06. The van der Waals surface area contributed by atoms with Crippen molar-refractivity contribution in [1.29, 1.82) is 0 Å². The number of benzene rings is 1. The largest absolute Gasteiger partial charge is 0.494 e. The van der Waals surface area contributed by atoms with Crippen LogP contribution in [-0.4, -0.2) is 25.6 Å². The van der Waals surface area contributed by atoms with Crippen LogP contribution in [0.1, 0.15) is 19.3 Å². The number of hydrogen-bond donors (Lipinski definition) is 2. The maximum absolute atomic E-state index is 13.4. The number of rotatable bonds is 4. The van der Waals surface area contributed by atoms with Gasteiger partial charge in [0, 0.05) is 24.2 Å². The molecule has 0 spiro atoms. The zero-order valence-electron chi connectivity index (χ0n) is 10.7. The third-order valence-electron chi connectivity index (χ3n) is 3.03. The quantitative estimate of drug-likeness (QED) is 0.894. The molecule has 4 nitrogen and oxygen atoms in total. The fourth-order valence-electron chi connectivity index (χ4n) is 2.11. The van der Waals surface area contributed by atoms with Gasteiger partial charge in [-0.25, -0.2) is 4.39 Å². The molecule has 6 heteroatoms. The number of amides is 1. The molecule has 1 heterocycles. The van der Waals surface area contributed by atoms with Crippen LogP contribution >= 0.6 is 12.4 Å². The molecule has 1 aliphatic heterocycles. The van der Waals surface area contributed by atoms with Crippen molar-refractivity contribution in [2.75, 3.05) is 19.0 Å². The normalized spacial score (nSPS) is 17.7. The van der Waals surface area contributed by atoms with Crippen molar-refractivity contribution in [3.63, 3.8) is 0 Å². The van der Waals surface area contributed by atoms with Crippen LogP contribution in [0.15, 0.2) is 18.2 Å². The highest BCUT2D eigenvalue weighted by Gasteiger charge is 2.17. The Bertz CT molecular complexity index is 437. The van der Waals surface area contributed by atoms with Gasteiger partial charge in [0.2, 0.25) is 5.91 Å². The minimum atomic E-state index is -0.478. The molecule has 0 saturated carbocycles. The molecule has 1 aliphatic rings. The molecule has 0 aromatic heterocycles. The van der Waals surface area contributed by atoms with Crippen LogP contribution in [-0.2, 0) is 4.79 Å². The summed E-state index contributed by atoms with van der Waals surface area (Å²) in [6.07, 6.45) is 2.55. The van der Waals surface area contributed by atoms with Crippen molar-refractivity contribution < 1.29 is 13.9 Å². The predicted octanol–water partition coefficient (Wildman–Crippen LogP) is 2.34. The van der Waals surface area contributed by atoms with Crippen molar-refractivity contribution in [1.82, 2.24) is 5.32 Å². The molecular formula is C13H18ClFN2O2. The molecule has 0 bridgehead atoms. The molecular weight excluding hydrogens is 271 g/mol. The summed E-state index contributed by atoms with van der Waals surface area (Å²) in [5, 5.41) is 5.93. The molecule has 1 saturated heterocycles. The van der Waals surface area contributed by atoms with Crippen LogP contribution in [0.25, 0.3) is 0 Å². The number of carbonyl (C=O) groups is 1. The van der Waals surface area contributed by atoms with E-state index >= 15 is 0 Å². The van der Waals surface area contributed by atoms with Gasteiger partial charge in [-0.05, 0) is 31.5 Å². The Balaban J connectivity index is 0.00000180. The summed E-state index contributed by atoms with van der Waals surface area (Å²) in [5.41, 5.74) is 0.455. The predicted molar refractivity (Wildman–Crippen MR) is 74.5 cm³/mol. The number of methoxy groups -OCH3 is 1. The molecule has 1 aromatic carbocycles. The number of ether oxygens (including phenoxy) is 1. The van der Waals surface area contributed by atoms with Crippen LogP contribution in [0.3, 0.4) is 0 Å². The number of hydrogen-bond acceptors (Lipinski definition) is 3. The van der Waals surface area contributed by atoms with E-state index in [2.05, 4.69) is 10.6 Å². The van der Waals surface area contributed by atoms with Crippen molar-refractivity contribution in [2.45, 2.75) is 25.3 Å². The van der Waals surface area contributed by atoms with Crippen molar-refractivity contribution in [3.05, 3.63) is 24.0 Å². The fraction of sp³-hybridized carbons (Fsp3) is 0.462. The Morgan fingerprint density at radius 2 is 2.37 bits per heavy atom. The highest BCUT2D eigenvalue weighted by atomic mass is 35.5. The summed E-state index contributed by atoms with van der Waals surface area (Å²) in [5.74, 6) is -0.404. The SMILES string of the molecule is COc1ccc(NC(=O)CC2CCCN2)cc1F.Cl. The van der Waals surface area contributed by atoms with E-state index in [-0.39, 0.29) is 30.1 Å². The zero-order valence-corrected chi connectivity index (χ0v) is 11.6. The highest BCUT2D eigenvalue weighted by molar-refractivity contribution is 5.91. The second kappa shape index (κ2) is 7.31. The summed E-state index contributed by atoms with van der Waals surface area (Å²) in [6.45, 7) is 0.967. The second-order valence-corrected chi connectivity index (χ2v) is 4.39. The van der Waals surface area contributed by atoms with E-state index in [0.29, 0.717) is 12.1 Å². The zero-order chi connectivity index (χ0) is 13.0. The third kappa shape index (κ3) is 4.36. The Kier molecular flexibility index (Phi) is 6.05. The number of halogens is 2. The van der Waals surface area contributed by atoms with E-state index in [4.69, 9.17) is 4.74 Å². The minimum absolute atomic E-state index is 0. The van der Waals surface area contributed by atoms with E-state index in [1.165, 1.54) is 19.2 Å². The molecule has 2 rings (SSSR count). The van der Waals surface area contributed by atoms with Gasteiger partial charge >= 0.3 is 0 Å². The topological polar surface area (TPSA) is 50.4 Å². The lowest BCUT2D eigenvalue weighted by atomic mass is 10.1. The number of carbonyl (C=O) groups excluding carboxylic acids is 1. The molecule has 106 valence electrons. The Hall–Kier alpha value is -1.33. The lowest BCUT2D eigenvalue weighted by molar-refractivity contribution is -0.116. The molecule has 0 aliphatic carbocycles. The van der Waals surface area contributed by atoms with Crippen LogP contribution in [0.2, 0.25) is 0 Å². The van der Waals surface area contributed by atoms with Gasteiger partial charge in [0.1, 0.15) is 0 Å². The lowest BCUT2D eigenvalue weighted by Gasteiger charge is -2.11. The van der Waals surface area contributed by atoms with E-state index in [0.717, 1.165) is 19.4 Å². The monoisotopic (exact) mass is 288 g/mol. The number of anilines is 1. The van der Waals surface area contributed by atoms with E-state index in [1.807, 2.05) is 0 Å². The highest BCUT2D eigenvalue weighted by Crippen LogP contribution is 2.21. The van der Waals surface area contributed by atoms with Crippen LogP contribution in [0.4, 0.5) is 10.1 Å². The van der Waals surface area contributed by atoms with Gasteiger partial charge < -0.3 is 15.4 Å². The molecule has 1 fully saturated rings. The maximum Gasteiger partial charge on any atom is 0.225 e. The standard InChI is InChI=1S/C13H17FN2O2.ClH/c1-18-12-5-4-10(7-11(12)14)16-13(17)8-9-3-2-6-15-9;/h4-5,7,9,15H,2-3,6,8H2,1H3,(H,16,17);1H. The van der Waals surface area contributed by atoms with Crippen LogP contribution in [0.5, 0.6) is 5.75 Å². The summed E-state index contributed by atoms with van der Waals surface area (Å²) >= 11 is 0. The van der Waals surface area contributed by atoms with Gasteiger partial charge in [0.05, 0.1) is 7.11 Å². The average Bonchev–Trinajstić information content (AvgIpc) is 2.82. The third-order valence-corrected chi connectivity index (χ3v) is 3.03. The summed E-state index contributed by atoms with van der Waals surface area (Å²) in [4.78, 5) is 11.7. The summed E-state index contributed by atoms with van der Waals surface area (Å²) in [7, 11) is 1.41. The summed E-state index contributed by atoms with van der Waals surface area (Å²) in [6, 6.07) is 4.63. The van der Waals surface area contributed by atoms with Crippen LogP contribution < -0.4 is 15.4 Å². The fourth-order valence-corrected chi connectivity index (χ4v) is 2.11. The Morgan fingerprint density at radius 3 is 2.95 bits per heavy atom. The van der Waals surface area contributed by atoms with E-state index in [1.54, 1.807) is 6.07 Å². The van der Waals surface area contributed by atoms with E-state index in [9.17, 15) is 9.18 Å². The lowest BCUT2D eigenvalue weighted by Crippen LogP contribution is -2.27. The van der Waals surface area contributed by atoms with Gasteiger partial charge in [-0.2, -0.15) is 0 Å². The smallest absolute Gasteiger partial charge is 0.225 e. The molecule has 1 aromatic rings. The second-order valence-electron chi connectivity index (χ2n) is 4.39. The van der Waals surface area contributed by atoms with Crippen molar-refractivity contribution in [3.8, 4) is 5.75 Å². The first-order valence-electron chi connectivity index (χ1n) is 6.06. The van der Waals surface area contributed by atoms with Gasteiger partial charge in [0.25, 0.3) is 0 Å². The molecule has 19 heavy (non-hydrogen) atoms. The molecule has 2 N–H and O–H groups in total. The van der Waals surface area contributed by atoms with E-state index < -0.39 is 5.82 Å². The first kappa shape index (κ1) is 15.7. The molecule has 0 radical (unpaired) electrons. The van der Waals surface area contributed by atoms with Gasteiger partial charge in [-0.3, -0.25) is 4.79 Å². The Labute approximate surface area is 118 Å². The average molecular weight is 289 g/mol. The van der Waals surface area contributed by atoms with Crippen molar-refractivity contribution in [2.24, 2.45) is 0 Å². The molecule has 1 atom stereocenters. The molecule has 1 amide bonds. The first-order chi connectivity index (χ1) is 8.69. The summed E-state index contributed by atoms with van der Waals surface area (Å²) < 4.78 is 18.2. The van der Waals surface area contributed by atoms with Crippen LogP contribution in [0, 0.1) is 5.82 Å². The van der Waals surface area contributed by atoms with Gasteiger partial charge in [0.15, 0.2) is 11.6 Å². The maximum atomic E-state index is 13.4. The van der Waals surface area contributed by atoms with Gasteiger partial charge in [-0.1, -0.05) is 0 Å². The minimum Gasteiger partial charge on any atom is -0.494 e. The number of nitrogens with one attached hydrogen (secondary N) is 2. The molecule has 1 unspecified atom stereocenters. The van der Waals surface area contributed by atoms with Crippen molar-refractivity contribution >= 4 is 24.0 Å². The van der Waals surface area contributed by atoms with Gasteiger partial charge in [-0.15, -0.1) is 12.4 Å². The Morgan fingerprint density at radius 1 is 1.58 bits per heavy atom.